The summed E-state index contributed by atoms with van der Waals surface area (Å²) in [5.74, 6) is -2.48. The number of nitro benzene ring substituents is 1. The molecular formula is C31H34N4O6S. The number of hydrogen-bond donors (Lipinski definition) is 1. The molecule has 10 nitrogen and oxygen atoms in total. The number of carbonyl (C=O) groups is 3. The van der Waals surface area contributed by atoms with Gasteiger partial charge in [0.1, 0.15) is 12.6 Å². The number of ketones is 1. The van der Waals surface area contributed by atoms with Gasteiger partial charge in [-0.15, -0.1) is 11.3 Å². The largest absolute Gasteiger partial charge is 0.375 e. The maximum absolute atomic E-state index is 14.7. The van der Waals surface area contributed by atoms with E-state index in [0.717, 1.165) is 16.0 Å². The highest BCUT2D eigenvalue weighted by atomic mass is 32.1. The van der Waals surface area contributed by atoms with Gasteiger partial charge in [0.15, 0.2) is 5.78 Å². The minimum atomic E-state index is -1.01. The smallest absolute Gasteiger partial charge is 0.269 e. The van der Waals surface area contributed by atoms with Crippen LogP contribution >= 0.6 is 11.3 Å². The van der Waals surface area contributed by atoms with E-state index < -0.39 is 34.7 Å². The van der Waals surface area contributed by atoms with Gasteiger partial charge in [0.25, 0.3) is 5.69 Å². The molecule has 2 amide bonds. The first-order chi connectivity index (χ1) is 20.2. The zero-order chi connectivity index (χ0) is 30.0. The van der Waals surface area contributed by atoms with Crippen molar-refractivity contribution < 1.29 is 24.0 Å². The lowest BCUT2D eigenvalue weighted by Gasteiger charge is -2.36. The zero-order valence-corrected chi connectivity index (χ0v) is 24.6. The van der Waals surface area contributed by atoms with Gasteiger partial charge in [-0.3, -0.25) is 24.5 Å². The predicted molar refractivity (Wildman–Crippen MR) is 159 cm³/mol. The number of non-ortho nitro benzene ring substituents is 1. The molecule has 0 radical (unpaired) electrons. The lowest BCUT2D eigenvalue weighted by atomic mass is 9.77. The van der Waals surface area contributed by atoms with Crippen LogP contribution in [0.15, 0.2) is 60.0 Å². The van der Waals surface area contributed by atoms with Crippen LogP contribution in [0, 0.1) is 29.9 Å². The average molecular weight is 591 g/mol. The number of carbonyl (C=O) groups excluding carboxylic acids is 3. The average Bonchev–Trinajstić information content (AvgIpc) is 3.58. The van der Waals surface area contributed by atoms with E-state index in [1.165, 1.54) is 35.5 Å². The SMILES string of the molecule is COCC(=O)N1C(C(=O)N2CCNCC2)C(c2sccc2C)C(C(=O)c2ccccc2C)C1c1cccc([N+](=O)[O-])c1. The Morgan fingerprint density at radius 2 is 1.79 bits per heavy atom. The van der Waals surface area contributed by atoms with E-state index in [2.05, 4.69) is 5.32 Å². The number of aryl methyl sites for hydroxylation is 2. The van der Waals surface area contributed by atoms with Crippen molar-refractivity contribution in [2.75, 3.05) is 39.9 Å². The highest BCUT2D eigenvalue weighted by molar-refractivity contribution is 7.10. The van der Waals surface area contributed by atoms with Crippen LogP contribution in [0.4, 0.5) is 5.69 Å². The van der Waals surface area contributed by atoms with Crippen molar-refractivity contribution >= 4 is 34.6 Å². The van der Waals surface area contributed by atoms with Gasteiger partial charge >= 0.3 is 0 Å². The molecule has 2 aliphatic rings. The van der Waals surface area contributed by atoms with Crippen LogP contribution in [-0.2, 0) is 14.3 Å². The highest BCUT2D eigenvalue weighted by Crippen LogP contribution is 2.53. The van der Waals surface area contributed by atoms with E-state index in [0.29, 0.717) is 37.3 Å². The number of nitro groups is 1. The van der Waals surface area contributed by atoms with Crippen LogP contribution < -0.4 is 5.32 Å². The maximum Gasteiger partial charge on any atom is 0.269 e. The van der Waals surface area contributed by atoms with Crippen molar-refractivity contribution in [2.24, 2.45) is 5.92 Å². The standard InChI is InChI=1S/C31H34N4O6S/c1-19-7-4-5-10-23(19)29(37)25-26(30-20(2)11-16-42-30)28(31(38)33-14-12-32-13-15-33)34(24(36)18-41-3)27(25)21-8-6-9-22(17-21)35(39)40/h4-11,16-17,25-28,32H,12-15,18H2,1-3H3. The molecule has 3 heterocycles. The molecule has 2 fully saturated rings. The van der Waals surface area contributed by atoms with Crippen molar-refractivity contribution in [3.05, 3.63) is 97.2 Å². The summed E-state index contributed by atoms with van der Waals surface area (Å²) in [6.07, 6.45) is 0. The highest BCUT2D eigenvalue weighted by Gasteiger charge is 2.58. The summed E-state index contributed by atoms with van der Waals surface area (Å²) >= 11 is 1.45. The number of hydrogen-bond acceptors (Lipinski definition) is 8. The second-order valence-electron chi connectivity index (χ2n) is 10.7. The normalized spacial score (nSPS) is 22.3. The van der Waals surface area contributed by atoms with E-state index in [1.807, 2.05) is 37.4 Å². The molecule has 0 spiro atoms. The van der Waals surface area contributed by atoms with Gasteiger partial charge in [-0.25, -0.2) is 0 Å². The first-order valence-electron chi connectivity index (χ1n) is 13.9. The predicted octanol–water partition coefficient (Wildman–Crippen LogP) is 3.89. The van der Waals surface area contributed by atoms with E-state index in [9.17, 15) is 24.5 Å². The van der Waals surface area contributed by atoms with Crippen LogP contribution in [-0.4, -0.2) is 78.3 Å². The van der Waals surface area contributed by atoms with Crippen LogP contribution in [0.25, 0.3) is 0 Å². The fourth-order valence-electron chi connectivity index (χ4n) is 6.32. The molecule has 3 aromatic rings. The number of nitrogens with zero attached hydrogens (tertiary/aromatic N) is 3. The number of rotatable bonds is 8. The van der Waals surface area contributed by atoms with Gasteiger partial charge in [0.05, 0.1) is 16.9 Å². The lowest BCUT2D eigenvalue weighted by Crippen LogP contribution is -2.55. The number of likely N-dealkylation sites (tertiary alicyclic amines) is 1. The molecule has 0 bridgehead atoms. The molecule has 4 atom stereocenters. The first-order valence-corrected chi connectivity index (χ1v) is 14.8. The van der Waals surface area contributed by atoms with E-state index in [-0.39, 0.29) is 24.0 Å². The number of ether oxygens (including phenoxy) is 1. The monoisotopic (exact) mass is 590 g/mol. The lowest BCUT2D eigenvalue weighted by molar-refractivity contribution is -0.385. The summed E-state index contributed by atoms with van der Waals surface area (Å²) in [7, 11) is 1.40. The molecule has 2 saturated heterocycles. The van der Waals surface area contributed by atoms with Gasteiger partial charge < -0.3 is 19.9 Å². The maximum atomic E-state index is 14.7. The number of benzene rings is 2. The summed E-state index contributed by atoms with van der Waals surface area (Å²) in [5, 5.41) is 17.0. The Morgan fingerprint density at radius 3 is 2.43 bits per heavy atom. The number of amides is 2. The van der Waals surface area contributed by atoms with Gasteiger partial charge in [-0.05, 0) is 42.0 Å². The van der Waals surface area contributed by atoms with Crippen molar-refractivity contribution in [1.29, 1.82) is 0 Å². The van der Waals surface area contributed by atoms with Crippen LogP contribution in [0.3, 0.4) is 0 Å². The molecule has 5 rings (SSSR count). The van der Waals surface area contributed by atoms with Gasteiger partial charge in [0, 0.05) is 61.8 Å². The molecule has 42 heavy (non-hydrogen) atoms. The molecule has 220 valence electrons. The third-order valence-electron chi connectivity index (χ3n) is 8.24. The summed E-state index contributed by atoms with van der Waals surface area (Å²) in [6, 6.07) is 13.3. The number of piperazine rings is 1. The number of nitrogens with one attached hydrogen (secondary N) is 1. The Balaban J connectivity index is 1.79. The molecule has 11 heteroatoms. The van der Waals surface area contributed by atoms with E-state index >= 15 is 0 Å². The van der Waals surface area contributed by atoms with Gasteiger partial charge in [0.2, 0.25) is 11.8 Å². The van der Waals surface area contributed by atoms with Crippen molar-refractivity contribution in [3.8, 4) is 0 Å². The van der Waals surface area contributed by atoms with E-state index in [1.54, 1.807) is 29.2 Å². The first kappa shape index (κ1) is 29.6. The number of methoxy groups -OCH3 is 1. The molecule has 1 aromatic heterocycles. The van der Waals surface area contributed by atoms with Crippen LogP contribution in [0.5, 0.6) is 0 Å². The molecule has 2 aliphatic heterocycles. The van der Waals surface area contributed by atoms with Crippen molar-refractivity contribution in [1.82, 2.24) is 15.1 Å². The molecule has 4 unspecified atom stereocenters. The summed E-state index contributed by atoms with van der Waals surface area (Å²) in [5.41, 5.74) is 2.45. The summed E-state index contributed by atoms with van der Waals surface area (Å²) in [6.45, 7) is 5.66. The Hall–Kier alpha value is -3.93. The van der Waals surface area contributed by atoms with Crippen LogP contribution in [0.2, 0.25) is 0 Å². The molecule has 0 aliphatic carbocycles. The second kappa shape index (κ2) is 12.5. The fraction of sp³-hybridized carbons (Fsp3) is 0.387. The van der Waals surface area contributed by atoms with Gasteiger partial charge in [-0.1, -0.05) is 36.4 Å². The molecule has 0 saturated carbocycles. The van der Waals surface area contributed by atoms with Crippen LogP contribution in [0.1, 0.15) is 43.9 Å². The summed E-state index contributed by atoms with van der Waals surface area (Å²) < 4.78 is 5.27. The topological polar surface area (TPSA) is 122 Å². The molecule has 2 aromatic carbocycles. The zero-order valence-electron chi connectivity index (χ0n) is 23.8. The third-order valence-corrected chi connectivity index (χ3v) is 9.36. The Morgan fingerprint density at radius 1 is 1.05 bits per heavy atom. The molecular weight excluding hydrogens is 556 g/mol. The number of thiophene rings is 1. The van der Waals surface area contributed by atoms with Crippen molar-refractivity contribution in [2.45, 2.75) is 31.8 Å². The number of Topliss-reactive ketones (excluding diaryl/α,β-unsaturated/α-hetero) is 1. The second-order valence-corrected chi connectivity index (χ2v) is 11.7. The third kappa shape index (κ3) is 5.47. The quantitative estimate of drug-likeness (QED) is 0.240. The minimum Gasteiger partial charge on any atom is -0.375 e. The van der Waals surface area contributed by atoms with E-state index in [4.69, 9.17) is 4.74 Å². The fourth-order valence-corrected chi connectivity index (χ4v) is 7.43. The molecule has 1 N–H and O–H groups in total. The van der Waals surface area contributed by atoms with Gasteiger partial charge in [-0.2, -0.15) is 0 Å². The Kier molecular flexibility index (Phi) is 8.81. The minimum absolute atomic E-state index is 0.158. The van der Waals surface area contributed by atoms with Crippen molar-refractivity contribution in [3.63, 3.8) is 0 Å². The summed E-state index contributed by atoms with van der Waals surface area (Å²) in [4.78, 5) is 58.6. The Labute approximate surface area is 248 Å². The Bertz CT molecular complexity index is 1500.